The first-order valence-corrected chi connectivity index (χ1v) is 10.1. The minimum atomic E-state index is -6.29. The quantitative estimate of drug-likeness (QED) is 0.391. The van der Waals surface area contributed by atoms with Crippen molar-refractivity contribution in [1.82, 2.24) is 29.9 Å². The van der Waals surface area contributed by atoms with Crippen molar-refractivity contribution in [3.8, 4) is 16.3 Å². The molecule has 2 N–H and O–H groups in total. The third kappa shape index (κ3) is 4.33. The number of aliphatic hydroxyl groups excluding tert-OH is 1. The third-order valence-electron chi connectivity index (χ3n) is 4.77. The van der Waals surface area contributed by atoms with Crippen LogP contribution < -0.4 is 5.32 Å². The summed E-state index contributed by atoms with van der Waals surface area (Å²) >= 11 is 1.01. The predicted molar refractivity (Wildman–Crippen MR) is 97.5 cm³/mol. The number of nitrogens with zero attached hydrogens (tertiary/aromatic N) is 5. The Hall–Kier alpha value is -2.59. The molecular formula is C17H14F8N6OS. The maximum absolute atomic E-state index is 13.8. The van der Waals surface area contributed by atoms with Crippen molar-refractivity contribution in [2.45, 2.75) is 43.4 Å². The largest absolute Gasteiger partial charge is 0.459 e. The second kappa shape index (κ2) is 7.73. The van der Waals surface area contributed by atoms with Crippen LogP contribution >= 0.6 is 11.3 Å². The Morgan fingerprint density at radius 3 is 2.36 bits per heavy atom. The number of aromatic nitrogens is 5. The van der Waals surface area contributed by atoms with Gasteiger partial charge in [0.1, 0.15) is 10.6 Å². The summed E-state index contributed by atoms with van der Waals surface area (Å²) in [5.41, 5.74) is -4.52. The number of rotatable bonds is 6. The second-order valence-electron chi connectivity index (χ2n) is 7.32. The summed E-state index contributed by atoms with van der Waals surface area (Å²) in [6, 6.07) is 0.171. The van der Waals surface area contributed by atoms with Crippen LogP contribution in [-0.4, -0.2) is 41.9 Å². The number of aliphatic hydroxyl groups is 1. The van der Waals surface area contributed by atoms with E-state index in [0.29, 0.717) is 9.56 Å². The van der Waals surface area contributed by atoms with Gasteiger partial charge in [-0.05, 0) is 12.8 Å². The van der Waals surface area contributed by atoms with Crippen molar-refractivity contribution in [1.29, 1.82) is 0 Å². The highest BCUT2D eigenvalue weighted by Crippen LogP contribution is 2.49. The molecule has 0 bridgehead atoms. The molecule has 4 rings (SSSR count). The van der Waals surface area contributed by atoms with Crippen molar-refractivity contribution in [3.63, 3.8) is 0 Å². The van der Waals surface area contributed by atoms with E-state index in [1.54, 1.807) is 0 Å². The minimum Gasteiger partial charge on any atom is -0.372 e. The van der Waals surface area contributed by atoms with Gasteiger partial charge in [0.05, 0.1) is 11.1 Å². The van der Waals surface area contributed by atoms with Crippen LogP contribution in [0.25, 0.3) is 16.3 Å². The zero-order valence-electron chi connectivity index (χ0n) is 16.4. The summed E-state index contributed by atoms with van der Waals surface area (Å²) in [7, 11) is 0.798. The van der Waals surface area contributed by atoms with Crippen molar-refractivity contribution in [3.05, 3.63) is 34.9 Å². The van der Waals surface area contributed by atoms with Gasteiger partial charge in [-0.15, -0.1) is 11.3 Å². The first-order chi connectivity index (χ1) is 15.2. The Labute approximate surface area is 183 Å². The van der Waals surface area contributed by atoms with Crippen molar-refractivity contribution in [2.75, 3.05) is 0 Å². The molecule has 0 saturated heterocycles. The molecule has 33 heavy (non-hydrogen) atoms. The number of hydrogen-bond acceptors (Lipinski definition) is 6. The first-order valence-electron chi connectivity index (χ1n) is 9.24. The molecule has 1 aliphatic carbocycles. The Bertz CT molecular complexity index is 1160. The number of alkyl halides is 8. The van der Waals surface area contributed by atoms with Gasteiger partial charge in [-0.2, -0.15) is 45.3 Å². The van der Waals surface area contributed by atoms with Crippen LogP contribution in [0, 0.1) is 0 Å². The third-order valence-corrected chi connectivity index (χ3v) is 5.87. The van der Waals surface area contributed by atoms with E-state index in [1.165, 1.54) is 6.20 Å². The molecule has 7 nitrogen and oxygen atoms in total. The van der Waals surface area contributed by atoms with Crippen molar-refractivity contribution >= 4 is 11.3 Å². The van der Waals surface area contributed by atoms with Gasteiger partial charge in [0.25, 0.3) is 0 Å². The molecule has 0 amide bonds. The molecule has 3 heterocycles. The lowest BCUT2D eigenvalue weighted by atomic mass is 10.1. The zero-order valence-corrected chi connectivity index (χ0v) is 17.2. The van der Waals surface area contributed by atoms with Crippen molar-refractivity contribution in [2.24, 2.45) is 7.05 Å². The molecule has 1 fully saturated rings. The molecule has 0 radical (unpaired) electrons. The maximum Gasteiger partial charge on any atom is 0.459 e. The van der Waals surface area contributed by atoms with Gasteiger partial charge < -0.3 is 5.11 Å². The van der Waals surface area contributed by atoms with Gasteiger partial charge in [0, 0.05) is 31.0 Å². The van der Waals surface area contributed by atoms with E-state index in [-0.39, 0.29) is 21.3 Å². The lowest BCUT2D eigenvalue weighted by Crippen LogP contribution is -2.36. The number of halogens is 8. The Kier molecular flexibility index (Phi) is 5.52. The first kappa shape index (κ1) is 23.6. The molecule has 0 spiro atoms. The fourth-order valence-electron chi connectivity index (χ4n) is 3.05. The average Bonchev–Trinajstić information content (AvgIpc) is 3.10. The second-order valence-corrected chi connectivity index (χ2v) is 8.38. The van der Waals surface area contributed by atoms with Crippen LogP contribution in [0.5, 0.6) is 0 Å². The lowest BCUT2D eigenvalue weighted by Gasteiger charge is -2.19. The predicted octanol–water partition coefficient (Wildman–Crippen LogP) is 4.15. The molecule has 3 aromatic rings. The fraction of sp³-hybridized carbons (Fsp3) is 0.471. The monoisotopic (exact) mass is 502 g/mol. The van der Waals surface area contributed by atoms with Gasteiger partial charge in [0.2, 0.25) is 0 Å². The fourth-order valence-corrected chi connectivity index (χ4v) is 3.89. The summed E-state index contributed by atoms with van der Waals surface area (Å²) in [4.78, 5) is 4.42. The van der Waals surface area contributed by atoms with Gasteiger partial charge in [-0.25, -0.2) is 14.3 Å². The molecule has 0 aromatic carbocycles. The van der Waals surface area contributed by atoms with Gasteiger partial charge >= 0.3 is 18.3 Å². The average molecular weight is 502 g/mol. The Morgan fingerprint density at radius 1 is 1.12 bits per heavy atom. The minimum absolute atomic E-state index is 0.171. The summed E-state index contributed by atoms with van der Waals surface area (Å²) in [6.45, 7) is 0. The SMILES string of the molecule is Cn1nc(C(F)(F)C(F)(F)F)c(C(F)(F)F)c1-n1cc(-c2cnc(C(O)NC3CC3)s2)cn1. The van der Waals surface area contributed by atoms with E-state index >= 15 is 0 Å². The number of aryl methyl sites for hydroxylation is 1. The Morgan fingerprint density at radius 2 is 1.79 bits per heavy atom. The summed E-state index contributed by atoms with van der Waals surface area (Å²) < 4.78 is 108. The number of thiazole rings is 1. The van der Waals surface area contributed by atoms with Crippen LogP contribution in [0.3, 0.4) is 0 Å². The molecule has 1 atom stereocenters. The van der Waals surface area contributed by atoms with Gasteiger partial charge in [-0.1, -0.05) is 0 Å². The number of hydrogen-bond donors (Lipinski definition) is 2. The molecule has 1 unspecified atom stereocenters. The van der Waals surface area contributed by atoms with E-state index in [2.05, 4.69) is 20.5 Å². The molecule has 0 aliphatic heterocycles. The summed E-state index contributed by atoms with van der Waals surface area (Å²) in [5, 5.41) is 19.8. The molecule has 1 aliphatic rings. The molecule has 1 saturated carbocycles. The smallest absolute Gasteiger partial charge is 0.372 e. The van der Waals surface area contributed by atoms with Crippen LogP contribution in [0.15, 0.2) is 18.6 Å². The maximum atomic E-state index is 13.8. The molecule has 3 aromatic heterocycles. The van der Waals surface area contributed by atoms with Crippen LogP contribution in [0.1, 0.15) is 35.3 Å². The topological polar surface area (TPSA) is 80.8 Å². The molecule has 16 heteroatoms. The van der Waals surface area contributed by atoms with Crippen LogP contribution in [0.2, 0.25) is 0 Å². The van der Waals surface area contributed by atoms with E-state index in [4.69, 9.17) is 0 Å². The summed E-state index contributed by atoms with van der Waals surface area (Å²) in [6.07, 6.45) is -7.68. The molecular weight excluding hydrogens is 488 g/mol. The van der Waals surface area contributed by atoms with E-state index in [0.717, 1.165) is 43.6 Å². The standard InChI is InChI=1S/C17H14F8N6OS/c1-30-14(10(16(20,21)22)11(29-30)15(18,19)17(23,24)25)31-6-7(4-27-31)9-5-26-13(33-9)12(32)28-8-2-3-8/h4-6,8,12,28,32H,2-3H2,1H3. The van der Waals surface area contributed by atoms with E-state index < -0.39 is 41.6 Å². The zero-order chi connectivity index (χ0) is 24.3. The highest BCUT2D eigenvalue weighted by atomic mass is 32.1. The van der Waals surface area contributed by atoms with Crippen LogP contribution in [0.4, 0.5) is 35.1 Å². The molecule has 180 valence electrons. The van der Waals surface area contributed by atoms with Crippen molar-refractivity contribution < 1.29 is 40.2 Å². The normalized spacial score (nSPS) is 16.4. The van der Waals surface area contributed by atoms with E-state index in [9.17, 15) is 40.2 Å². The Balaban J connectivity index is 1.73. The lowest BCUT2D eigenvalue weighted by molar-refractivity contribution is -0.292. The highest BCUT2D eigenvalue weighted by molar-refractivity contribution is 7.15. The number of nitrogens with one attached hydrogen (secondary N) is 1. The summed E-state index contributed by atoms with van der Waals surface area (Å²) in [5.74, 6) is -6.96. The van der Waals surface area contributed by atoms with Gasteiger partial charge in [0.15, 0.2) is 17.7 Å². The van der Waals surface area contributed by atoms with Crippen LogP contribution in [-0.2, 0) is 19.1 Å². The van der Waals surface area contributed by atoms with Gasteiger partial charge in [-0.3, -0.25) is 5.32 Å². The highest BCUT2D eigenvalue weighted by Gasteiger charge is 2.64. The van der Waals surface area contributed by atoms with E-state index in [1.807, 2.05) is 0 Å².